The molecule has 2 fully saturated rings. The van der Waals surface area contributed by atoms with Crippen molar-refractivity contribution in [1.82, 2.24) is 13.9 Å². The zero-order valence-corrected chi connectivity index (χ0v) is 24.7. The average Bonchev–Trinajstić information content (AvgIpc) is 2.93. The molecule has 1 N–H and O–H groups in total. The largest absolute Gasteiger partial charge is 0.492 e. The van der Waals surface area contributed by atoms with Crippen molar-refractivity contribution in [2.45, 2.75) is 42.8 Å². The first-order valence-electron chi connectivity index (χ1n) is 13.0. The molecular weight excluding hydrogens is 585 g/mol. The molecule has 0 unspecified atom stereocenters. The van der Waals surface area contributed by atoms with Gasteiger partial charge in [-0.3, -0.25) is 4.79 Å². The van der Waals surface area contributed by atoms with Crippen LogP contribution in [-0.4, -0.2) is 70.7 Å². The number of benzene rings is 2. The van der Waals surface area contributed by atoms with Gasteiger partial charge in [-0.25, -0.2) is 21.1 Å². The topological polar surface area (TPSA) is 113 Å². The van der Waals surface area contributed by atoms with E-state index in [4.69, 9.17) is 27.9 Å². The summed E-state index contributed by atoms with van der Waals surface area (Å²) in [4.78, 5) is 12.8. The maximum absolute atomic E-state index is 12.8. The van der Waals surface area contributed by atoms with E-state index < -0.39 is 20.0 Å². The van der Waals surface area contributed by atoms with Crippen LogP contribution in [0.15, 0.2) is 47.4 Å². The van der Waals surface area contributed by atoms with E-state index in [2.05, 4.69) is 5.32 Å². The van der Waals surface area contributed by atoms with E-state index in [0.29, 0.717) is 47.3 Å². The van der Waals surface area contributed by atoms with Crippen LogP contribution in [0, 0.1) is 5.92 Å². The molecule has 0 aromatic heterocycles. The molecule has 9 nitrogen and oxygen atoms in total. The first-order valence-corrected chi connectivity index (χ1v) is 16.8. The number of ether oxygens (including phenoxy) is 1. The van der Waals surface area contributed by atoms with E-state index in [1.165, 1.54) is 8.61 Å². The molecular formula is C26H33Cl2N3O6S2. The summed E-state index contributed by atoms with van der Waals surface area (Å²) in [5.41, 5.74) is 0.558. The number of piperidine rings is 2. The number of nitrogens with zero attached hydrogens (tertiary/aromatic N) is 2. The zero-order chi connectivity index (χ0) is 28.0. The molecule has 39 heavy (non-hydrogen) atoms. The highest BCUT2D eigenvalue weighted by atomic mass is 35.5. The lowest BCUT2D eigenvalue weighted by atomic mass is 9.97. The Kier molecular flexibility index (Phi) is 10.2. The maximum atomic E-state index is 12.8. The molecule has 0 radical (unpaired) electrons. The fraction of sp³-hybridized carbons (Fsp3) is 0.500. The standard InChI is InChI=1S/C26H33Cl2N3O6S2/c27-24-9-4-20(18-25(24)28)19-38(33,34)30-15-10-21(11-16-30)26(32)29-12-17-37-22-5-7-23(8-6-22)39(35,36)31-13-2-1-3-14-31/h4-9,18,21H,1-3,10-17,19H2,(H,29,32). The molecule has 0 saturated carbocycles. The van der Waals surface area contributed by atoms with Gasteiger partial charge in [0.15, 0.2) is 0 Å². The fourth-order valence-corrected chi connectivity index (χ4v) is 8.17. The Bertz CT molecular complexity index is 1360. The van der Waals surface area contributed by atoms with Crippen molar-refractivity contribution in [1.29, 1.82) is 0 Å². The van der Waals surface area contributed by atoms with Gasteiger partial charge in [-0.1, -0.05) is 35.7 Å². The molecule has 2 heterocycles. The van der Waals surface area contributed by atoms with E-state index in [-0.39, 0.29) is 48.7 Å². The van der Waals surface area contributed by atoms with Crippen molar-refractivity contribution in [2.24, 2.45) is 5.92 Å². The van der Waals surface area contributed by atoms with E-state index in [0.717, 1.165) is 19.3 Å². The van der Waals surface area contributed by atoms with E-state index in [1.807, 2.05) is 0 Å². The van der Waals surface area contributed by atoms with Crippen LogP contribution in [0.2, 0.25) is 10.0 Å². The van der Waals surface area contributed by atoms with Crippen LogP contribution in [-0.2, 0) is 30.6 Å². The monoisotopic (exact) mass is 617 g/mol. The van der Waals surface area contributed by atoms with Crippen molar-refractivity contribution in [2.75, 3.05) is 39.3 Å². The summed E-state index contributed by atoms with van der Waals surface area (Å²) >= 11 is 11.9. The summed E-state index contributed by atoms with van der Waals surface area (Å²) in [5.74, 6) is -0.0744. The van der Waals surface area contributed by atoms with Gasteiger partial charge < -0.3 is 10.1 Å². The van der Waals surface area contributed by atoms with Crippen molar-refractivity contribution in [3.63, 3.8) is 0 Å². The molecule has 2 aliphatic heterocycles. The SMILES string of the molecule is O=C(NCCOc1ccc(S(=O)(=O)N2CCCCC2)cc1)C1CCN(S(=O)(=O)Cc2ccc(Cl)c(Cl)c2)CC1. The Morgan fingerprint density at radius 1 is 0.872 bits per heavy atom. The molecule has 0 spiro atoms. The van der Waals surface area contributed by atoms with Gasteiger partial charge in [0.1, 0.15) is 12.4 Å². The lowest BCUT2D eigenvalue weighted by Gasteiger charge is -2.30. The second-order valence-corrected chi connectivity index (χ2v) is 14.5. The van der Waals surface area contributed by atoms with Crippen LogP contribution in [0.4, 0.5) is 0 Å². The number of amides is 1. The van der Waals surface area contributed by atoms with Crippen LogP contribution in [0.3, 0.4) is 0 Å². The summed E-state index contributed by atoms with van der Waals surface area (Å²) in [7, 11) is -7.04. The summed E-state index contributed by atoms with van der Waals surface area (Å²) in [5, 5.41) is 3.52. The number of carbonyl (C=O) groups excluding carboxylic acids is 1. The van der Waals surface area contributed by atoms with Crippen molar-refractivity contribution in [3.8, 4) is 5.75 Å². The second-order valence-electron chi connectivity index (χ2n) is 9.75. The van der Waals surface area contributed by atoms with E-state index in [9.17, 15) is 21.6 Å². The van der Waals surface area contributed by atoms with Crippen LogP contribution in [0.1, 0.15) is 37.7 Å². The Morgan fingerprint density at radius 2 is 1.54 bits per heavy atom. The van der Waals surface area contributed by atoms with Crippen LogP contribution < -0.4 is 10.1 Å². The minimum atomic E-state index is -3.55. The molecule has 2 aromatic rings. The number of sulfonamides is 2. The van der Waals surface area contributed by atoms with Crippen LogP contribution in [0.5, 0.6) is 5.75 Å². The highest BCUT2D eigenvalue weighted by Gasteiger charge is 2.31. The molecule has 2 saturated heterocycles. The summed E-state index contributed by atoms with van der Waals surface area (Å²) in [6.07, 6.45) is 3.67. The van der Waals surface area contributed by atoms with Gasteiger partial charge in [-0.15, -0.1) is 0 Å². The lowest BCUT2D eigenvalue weighted by molar-refractivity contribution is -0.126. The normalized spacial score (nSPS) is 18.1. The molecule has 0 atom stereocenters. The Labute approximate surface area is 240 Å². The van der Waals surface area contributed by atoms with Crippen LogP contribution >= 0.6 is 23.2 Å². The predicted octanol–water partition coefficient (Wildman–Crippen LogP) is 3.91. The smallest absolute Gasteiger partial charge is 0.243 e. The number of nitrogens with one attached hydrogen (secondary N) is 1. The quantitative estimate of drug-likeness (QED) is 0.405. The molecule has 0 aliphatic carbocycles. The predicted molar refractivity (Wildman–Crippen MR) is 151 cm³/mol. The highest BCUT2D eigenvalue weighted by Crippen LogP contribution is 2.26. The Morgan fingerprint density at radius 3 is 2.18 bits per heavy atom. The van der Waals surface area contributed by atoms with Gasteiger partial charge in [0.05, 0.1) is 27.2 Å². The third kappa shape index (κ3) is 7.86. The number of rotatable bonds is 10. The number of hydrogen-bond donors (Lipinski definition) is 1. The maximum Gasteiger partial charge on any atom is 0.243 e. The summed E-state index contributed by atoms with van der Waals surface area (Å²) < 4.78 is 59.8. The number of halogens is 2. The van der Waals surface area contributed by atoms with Gasteiger partial charge in [0.25, 0.3) is 0 Å². The molecule has 13 heteroatoms. The van der Waals surface area contributed by atoms with Gasteiger partial charge in [0.2, 0.25) is 26.0 Å². The summed E-state index contributed by atoms with van der Waals surface area (Å²) in [6.45, 7) is 2.14. The lowest BCUT2D eigenvalue weighted by Crippen LogP contribution is -2.43. The van der Waals surface area contributed by atoms with Gasteiger partial charge in [-0.2, -0.15) is 4.31 Å². The Balaban J connectivity index is 1.18. The number of hydrogen-bond acceptors (Lipinski definition) is 6. The molecule has 2 aromatic carbocycles. The minimum absolute atomic E-state index is 0.136. The van der Waals surface area contributed by atoms with Gasteiger partial charge >= 0.3 is 0 Å². The first kappa shape index (κ1) is 30.1. The van der Waals surface area contributed by atoms with E-state index in [1.54, 1.807) is 42.5 Å². The molecule has 2 aliphatic rings. The average molecular weight is 619 g/mol. The van der Waals surface area contributed by atoms with Crippen molar-refractivity contribution in [3.05, 3.63) is 58.1 Å². The number of carbonyl (C=O) groups is 1. The molecule has 214 valence electrons. The second kappa shape index (κ2) is 13.2. The third-order valence-electron chi connectivity index (χ3n) is 7.00. The van der Waals surface area contributed by atoms with E-state index >= 15 is 0 Å². The first-order chi connectivity index (χ1) is 18.6. The molecule has 0 bridgehead atoms. The fourth-order valence-electron chi connectivity index (χ4n) is 4.78. The van der Waals surface area contributed by atoms with Gasteiger partial charge in [-0.05, 0) is 67.6 Å². The van der Waals surface area contributed by atoms with Crippen molar-refractivity contribution < 1.29 is 26.4 Å². The highest BCUT2D eigenvalue weighted by molar-refractivity contribution is 7.89. The Hall–Kier alpha value is -1.89. The molecule has 1 amide bonds. The zero-order valence-electron chi connectivity index (χ0n) is 21.5. The van der Waals surface area contributed by atoms with Crippen LogP contribution in [0.25, 0.3) is 0 Å². The summed E-state index contributed by atoms with van der Waals surface area (Å²) in [6, 6.07) is 11.1. The molecule has 4 rings (SSSR count). The van der Waals surface area contributed by atoms with Gasteiger partial charge in [0, 0.05) is 32.1 Å². The van der Waals surface area contributed by atoms with Crippen molar-refractivity contribution >= 4 is 49.2 Å². The minimum Gasteiger partial charge on any atom is -0.492 e. The third-order valence-corrected chi connectivity index (χ3v) is 11.5.